The number of hydrogen-bond acceptors (Lipinski definition) is 1. The molecular formula is C12H17N. The van der Waals surface area contributed by atoms with Gasteiger partial charge in [0.05, 0.1) is 0 Å². The Kier molecular flexibility index (Phi) is 1.90. The lowest BCUT2D eigenvalue weighted by atomic mass is 9.67. The first-order chi connectivity index (χ1) is 6.11. The van der Waals surface area contributed by atoms with Gasteiger partial charge in [-0.25, -0.2) is 0 Å². The van der Waals surface area contributed by atoms with Gasteiger partial charge in [0.2, 0.25) is 0 Å². The molecule has 0 amide bonds. The van der Waals surface area contributed by atoms with Crippen molar-refractivity contribution in [2.75, 3.05) is 0 Å². The summed E-state index contributed by atoms with van der Waals surface area (Å²) >= 11 is 0. The fourth-order valence-corrected chi connectivity index (χ4v) is 2.16. The van der Waals surface area contributed by atoms with Crippen LogP contribution in [-0.4, -0.2) is 4.98 Å². The van der Waals surface area contributed by atoms with Gasteiger partial charge < -0.3 is 0 Å². The van der Waals surface area contributed by atoms with E-state index < -0.39 is 0 Å². The molecule has 0 aromatic carbocycles. The zero-order valence-electron chi connectivity index (χ0n) is 8.67. The summed E-state index contributed by atoms with van der Waals surface area (Å²) in [4.78, 5) is 4.18. The molecule has 1 nitrogen and oxygen atoms in total. The van der Waals surface area contributed by atoms with Crippen LogP contribution in [0.1, 0.15) is 44.2 Å². The average Bonchev–Trinajstić information content (AvgIpc) is 2.13. The molecule has 0 fully saturated rings. The Hall–Kier alpha value is -0.850. The molecule has 1 heteroatoms. The third-order valence-electron chi connectivity index (χ3n) is 3.62. The first kappa shape index (κ1) is 8.74. The monoisotopic (exact) mass is 175 g/mol. The molecule has 1 aliphatic carbocycles. The summed E-state index contributed by atoms with van der Waals surface area (Å²) in [7, 11) is 0. The Bertz CT molecular complexity index is 315. The molecule has 0 spiro atoms. The van der Waals surface area contributed by atoms with E-state index in [1.807, 2.05) is 12.4 Å². The van der Waals surface area contributed by atoms with Crippen molar-refractivity contribution < 1.29 is 0 Å². The van der Waals surface area contributed by atoms with E-state index in [-0.39, 0.29) is 0 Å². The van der Waals surface area contributed by atoms with E-state index in [4.69, 9.17) is 0 Å². The van der Waals surface area contributed by atoms with Crippen LogP contribution in [0.2, 0.25) is 0 Å². The second-order valence-corrected chi connectivity index (χ2v) is 4.78. The maximum Gasteiger partial charge on any atom is 0.0302 e. The molecule has 1 aliphatic rings. The Labute approximate surface area is 80.2 Å². The molecule has 1 unspecified atom stereocenters. The van der Waals surface area contributed by atoms with E-state index >= 15 is 0 Å². The van der Waals surface area contributed by atoms with Crippen molar-refractivity contribution in [2.24, 2.45) is 5.41 Å². The predicted octanol–water partition coefficient (Wildman–Crippen LogP) is 3.16. The molecule has 1 atom stereocenters. The number of rotatable bonds is 0. The molecule has 70 valence electrons. The maximum atomic E-state index is 4.18. The van der Waals surface area contributed by atoms with Crippen molar-refractivity contribution in [3.05, 3.63) is 29.6 Å². The van der Waals surface area contributed by atoms with Crippen molar-refractivity contribution in [2.45, 2.75) is 39.5 Å². The number of hydrogen-bond donors (Lipinski definition) is 0. The lowest BCUT2D eigenvalue weighted by Crippen LogP contribution is -2.26. The normalized spacial score (nSPS) is 25.3. The SMILES string of the molecule is CC1c2ccncc2CCC1(C)C. The molecule has 1 heterocycles. The van der Waals surface area contributed by atoms with E-state index in [9.17, 15) is 0 Å². The molecule has 0 saturated heterocycles. The zero-order valence-corrected chi connectivity index (χ0v) is 8.67. The molecule has 0 N–H and O–H groups in total. The van der Waals surface area contributed by atoms with Crippen molar-refractivity contribution in [1.82, 2.24) is 4.98 Å². The number of aromatic nitrogens is 1. The molecule has 0 bridgehead atoms. The Balaban J connectivity index is 2.45. The summed E-state index contributed by atoms with van der Waals surface area (Å²) in [6, 6.07) is 2.18. The molecule has 0 saturated carbocycles. The van der Waals surface area contributed by atoms with Gasteiger partial charge in [0.1, 0.15) is 0 Å². The molecule has 13 heavy (non-hydrogen) atoms. The van der Waals surface area contributed by atoms with Crippen LogP contribution in [0, 0.1) is 5.41 Å². The Morgan fingerprint density at radius 2 is 2.23 bits per heavy atom. The second-order valence-electron chi connectivity index (χ2n) is 4.78. The Morgan fingerprint density at radius 3 is 3.00 bits per heavy atom. The van der Waals surface area contributed by atoms with E-state index in [2.05, 4.69) is 31.8 Å². The van der Waals surface area contributed by atoms with Gasteiger partial charge in [-0.3, -0.25) is 4.98 Å². The van der Waals surface area contributed by atoms with Crippen LogP contribution in [0.3, 0.4) is 0 Å². The van der Waals surface area contributed by atoms with Gasteiger partial charge in [-0.1, -0.05) is 20.8 Å². The molecule has 0 radical (unpaired) electrons. The lowest BCUT2D eigenvalue weighted by Gasteiger charge is -2.37. The fourth-order valence-electron chi connectivity index (χ4n) is 2.16. The van der Waals surface area contributed by atoms with Crippen molar-refractivity contribution >= 4 is 0 Å². The first-order valence-electron chi connectivity index (χ1n) is 5.04. The van der Waals surface area contributed by atoms with Crippen molar-refractivity contribution in [3.8, 4) is 0 Å². The predicted molar refractivity (Wildman–Crippen MR) is 54.8 cm³/mol. The number of pyridine rings is 1. The van der Waals surface area contributed by atoms with Crippen molar-refractivity contribution in [1.29, 1.82) is 0 Å². The van der Waals surface area contributed by atoms with Gasteiger partial charge >= 0.3 is 0 Å². The summed E-state index contributed by atoms with van der Waals surface area (Å²) < 4.78 is 0. The highest BCUT2D eigenvalue weighted by atomic mass is 14.6. The van der Waals surface area contributed by atoms with Crippen LogP contribution in [0.5, 0.6) is 0 Å². The second kappa shape index (κ2) is 2.83. The summed E-state index contributed by atoms with van der Waals surface area (Å²) in [6.07, 6.45) is 6.42. The van der Waals surface area contributed by atoms with Gasteiger partial charge in [0.25, 0.3) is 0 Å². The molecule has 1 aromatic heterocycles. The van der Waals surface area contributed by atoms with Crippen LogP contribution in [0.4, 0.5) is 0 Å². The van der Waals surface area contributed by atoms with E-state index in [0.29, 0.717) is 11.3 Å². The van der Waals surface area contributed by atoms with Gasteiger partial charge in [-0.2, -0.15) is 0 Å². The maximum absolute atomic E-state index is 4.18. The van der Waals surface area contributed by atoms with Gasteiger partial charge in [0.15, 0.2) is 0 Å². The smallest absolute Gasteiger partial charge is 0.0302 e. The van der Waals surface area contributed by atoms with Crippen LogP contribution >= 0.6 is 0 Å². The highest BCUT2D eigenvalue weighted by Crippen LogP contribution is 2.44. The minimum absolute atomic E-state index is 0.453. The zero-order chi connectivity index (χ0) is 9.47. The fraction of sp³-hybridized carbons (Fsp3) is 0.583. The number of aryl methyl sites for hydroxylation is 1. The first-order valence-corrected chi connectivity index (χ1v) is 5.04. The van der Waals surface area contributed by atoms with Gasteiger partial charge in [-0.15, -0.1) is 0 Å². The largest absolute Gasteiger partial charge is 0.264 e. The van der Waals surface area contributed by atoms with E-state index in [1.54, 1.807) is 0 Å². The number of nitrogens with zero attached hydrogens (tertiary/aromatic N) is 1. The summed E-state index contributed by atoms with van der Waals surface area (Å²) in [6.45, 7) is 7.06. The lowest BCUT2D eigenvalue weighted by molar-refractivity contribution is 0.258. The van der Waals surface area contributed by atoms with Crippen molar-refractivity contribution in [3.63, 3.8) is 0 Å². The molecule has 0 aliphatic heterocycles. The van der Waals surface area contributed by atoms with Gasteiger partial charge in [-0.05, 0) is 41.4 Å². The average molecular weight is 175 g/mol. The minimum atomic E-state index is 0.453. The van der Waals surface area contributed by atoms with E-state index in [1.165, 1.54) is 24.0 Å². The van der Waals surface area contributed by atoms with Crippen LogP contribution < -0.4 is 0 Å². The van der Waals surface area contributed by atoms with E-state index in [0.717, 1.165) is 0 Å². The van der Waals surface area contributed by atoms with Crippen LogP contribution in [0.25, 0.3) is 0 Å². The topological polar surface area (TPSA) is 12.9 Å². The summed E-state index contributed by atoms with van der Waals surface area (Å²) in [5, 5.41) is 0. The highest BCUT2D eigenvalue weighted by molar-refractivity contribution is 5.31. The molecule has 2 rings (SSSR count). The molecule has 1 aromatic rings. The summed E-state index contributed by atoms with van der Waals surface area (Å²) in [5.41, 5.74) is 3.41. The molecular weight excluding hydrogens is 158 g/mol. The summed E-state index contributed by atoms with van der Waals surface area (Å²) in [5.74, 6) is 0.666. The third-order valence-corrected chi connectivity index (χ3v) is 3.62. The highest BCUT2D eigenvalue weighted by Gasteiger charge is 2.32. The standard InChI is InChI=1S/C12H17N/c1-9-11-5-7-13-8-10(11)4-6-12(9,2)3/h5,7-9H,4,6H2,1-3H3. The minimum Gasteiger partial charge on any atom is -0.264 e. The third kappa shape index (κ3) is 1.37. The van der Waals surface area contributed by atoms with Crippen LogP contribution in [-0.2, 0) is 6.42 Å². The van der Waals surface area contributed by atoms with Gasteiger partial charge in [0, 0.05) is 12.4 Å². The Morgan fingerprint density at radius 1 is 1.46 bits per heavy atom. The quantitative estimate of drug-likeness (QED) is 0.590. The van der Waals surface area contributed by atoms with Crippen LogP contribution in [0.15, 0.2) is 18.5 Å². The number of fused-ring (bicyclic) bond motifs is 1.